The third kappa shape index (κ3) is 4.42. The van der Waals surface area contributed by atoms with Crippen molar-refractivity contribution in [2.75, 3.05) is 5.32 Å². The van der Waals surface area contributed by atoms with E-state index < -0.39 is 0 Å². The van der Waals surface area contributed by atoms with E-state index in [0.29, 0.717) is 17.7 Å². The minimum Gasteiger partial charge on any atom is -0.326 e. The Balaban J connectivity index is 1.62. The molecule has 3 heteroatoms. The molecule has 25 heavy (non-hydrogen) atoms. The summed E-state index contributed by atoms with van der Waals surface area (Å²) in [7, 11) is 0. The van der Waals surface area contributed by atoms with Gasteiger partial charge in [0.15, 0.2) is 5.78 Å². The summed E-state index contributed by atoms with van der Waals surface area (Å²) in [5.41, 5.74) is 4.57. The molecule has 0 aliphatic carbocycles. The lowest BCUT2D eigenvalue weighted by Crippen LogP contribution is -2.14. The number of hydrogen-bond acceptors (Lipinski definition) is 2. The molecule has 0 radical (unpaired) electrons. The van der Waals surface area contributed by atoms with Crippen LogP contribution in [0.25, 0.3) is 11.1 Å². The summed E-state index contributed by atoms with van der Waals surface area (Å²) in [5.74, 6) is -0.0700. The Morgan fingerprint density at radius 1 is 0.760 bits per heavy atom. The highest BCUT2D eigenvalue weighted by Crippen LogP contribution is 2.19. The van der Waals surface area contributed by atoms with Crippen molar-refractivity contribution in [3.8, 4) is 11.1 Å². The first-order chi connectivity index (χ1) is 12.1. The highest BCUT2D eigenvalue weighted by atomic mass is 16.1. The first-order valence-electron chi connectivity index (χ1n) is 8.17. The van der Waals surface area contributed by atoms with E-state index in [1.54, 1.807) is 24.3 Å². The molecular weight excluding hydrogens is 310 g/mol. The fourth-order valence-corrected chi connectivity index (χ4v) is 2.62. The minimum absolute atomic E-state index is 0.0105. The van der Waals surface area contributed by atoms with Gasteiger partial charge in [-0.25, -0.2) is 0 Å². The normalized spacial score (nSPS) is 10.3. The molecule has 3 rings (SSSR count). The molecule has 3 aromatic carbocycles. The molecule has 3 nitrogen and oxygen atoms in total. The Morgan fingerprint density at radius 3 is 1.96 bits per heavy atom. The van der Waals surface area contributed by atoms with E-state index in [4.69, 9.17) is 0 Å². The molecule has 0 aliphatic heterocycles. The van der Waals surface area contributed by atoms with Gasteiger partial charge in [0.2, 0.25) is 5.91 Å². The number of carbonyl (C=O) groups is 2. The Kier molecular flexibility index (Phi) is 5.05. The quantitative estimate of drug-likeness (QED) is 0.687. The summed E-state index contributed by atoms with van der Waals surface area (Å²) in [6, 6.07) is 25.0. The maximum atomic E-state index is 12.2. The van der Waals surface area contributed by atoms with Gasteiger partial charge in [0, 0.05) is 11.3 Å². The second-order valence-corrected chi connectivity index (χ2v) is 5.92. The number of hydrogen-bond donors (Lipinski definition) is 1. The number of carbonyl (C=O) groups excluding carboxylic acids is 2. The molecule has 0 spiro atoms. The fourth-order valence-electron chi connectivity index (χ4n) is 2.62. The Morgan fingerprint density at radius 2 is 1.36 bits per heavy atom. The number of ketones is 1. The van der Waals surface area contributed by atoms with E-state index in [1.165, 1.54) is 6.92 Å². The van der Waals surface area contributed by atoms with Crippen molar-refractivity contribution in [1.82, 2.24) is 0 Å². The zero-order chi connectivity index (χ0) is 17.6. The van der Waals surface area contributed by atoms with Gasteiger partial charge in [-0.3, -0.25) is 9.59 Å². The van der Waals surface area contributed by atoms with Crippen LogP contribution in [0.3, 0.4) is 0 Å². The van der Waals surface area contributed by atoms with Crippen LogP contribution in [0.15, 0.2) is 78.9 Å². The molecule has 1 N–H and O–H groups in total. The van der Waals surface area contributed by atoms with Crippen molar-refractivity contribution < 1.29 is 9.59 Å². The average Bonchev–Trinajstić information content (AvgIpc) is 2.63. The molecule has 124 valence electrons. The molecular formula is C22H19NO2. The summed E-state index contributed by atoms with van der Waals surface area (Å²) in [6.07, 6.45) is 0.309. The minimum atomic E-state index is -0.0805. The lowest BCUT2D eigenvalue weighted by atomic mass is 10.0. The van der Waals surface area contributed by atoms with Gasteiger partial charge in [-0.1, -0.05) is 54.6 Å². The molecule has 0 fully saturated rings. The number of rotatable bonds is 5. The van der Waals surface area contributed by atoms with Crippen LogP contribution in [0.1, 0.15) is 22.8 Å². The van der Waals surface area contributed by atoms with Crippen molar-refractivity contribution in [2.24, 2.45) is 0 Å². The molecule has 0 heterocycles. The van der Waals surface area contributed by atoms with E-state index in [1.807, 2.05) is 42.5 Å². The second-order valence-electron chi connectivity index (χ2n) is 5.92. The van der Waals surface area contributed by atoms with Gasteiger partial charge in [-0.2, -0.15) is 0 Å². The molecule has 0 bridgehead atoms. The molecule has 0 saturated heterocycles. The van der Waals surface area contributed by atoms with Crippen LogP contribution in [0.2, 0.25) is 0 Å². The van der Waals surface area contributed by atoms with Crippen LogP contribution in [-0.2, 0) is 11.2 Å². The summed E-state index contributed by atoms with van der Waals surface area (Å²) >= 11 is 0. The van der Waals surface area contributed by atoms with Crippen LogP contribution >= 0.6 is 0 Å². The van der Waals surface area contributed by atoms with Crippen LogP contribution in [-0.4, -0.2) is 11.7 Å². The van der Waals surface area contributed by atoms with Gasteiger partial charge in [-0.05, 0) is 47.9 Å². The predicted molar refractivity (Wildman–Crippen MR) is 101 cm³/mol. The first-order valence-corrected chi connectivity index (χ1v) is 8.17. The number of anilines is 1. The number of amides is 1. The second kappa shape index (κ2) is 7.58. The summed E-state index contributed by atoms with van der Waals surface area (Å²) in [5, 5.41) is 2.85. The Hall–Kier alpha value is -3.20. The smallest absolute Gasteiger partial charge is 0.228 e. The first kappa shape index (κ1) is 16.7. The maximum Gasteiger partial charge on any atom is 0.228 e. The molecule has 3 aromatic rings. The van der Waals surface area contributed by atoms with Gasteiger partial charge in [0.05, 0.1) is 6.42 Å². The van der Waals surface area contributed by atoms with Crippen molar-refractivity contribution >= 4 is 17.4 Å². The third-order valence-corrected chi connectivity index (χ3v) is 4.00. The topological polar surface area (TPSA) is 46.2 Å². The van der Waals surface area contributed by atoms with Gasteiger partial charge in [-0.15, -0.1) is 0 Å². The highest BCUT2D eigenvalue weighted by Gasteiger charge is 2.06. The van der Waals surface area contributed by atoms with Gasteiger partial charge in [0.25, 0.3) is 0 Å². The lowest BCUT2D eigenvalue weighted by Gasteiger charge is -2.07. The summed E-state index contributed by atoms with van der Waals surface area (Å²) in [6.45, 7) is 1.52. The van der Waals surface area contributed by atoms with Crippen LogP contribution in [0.5, 0.6) is 0 Å². The van der Waals surface area contributed by atoms with E-state index in [-0.39, 0.29) is 11.7 Å². The monoisotopic (exact) mass is 329 g/mol. The van der Waals surface area contributed by atoms with Crippen molar-refractivity contribution in [3.63, 3.8) is 0 Å². The van der Waals surface area contributed by atoms with Crippen LogP contribution in [0.4, 0.5) is 5.69 Å². The third-order valence-electron chi connectivity index (χ3n) is 4.00. The standard InChI is InChI=1S/C22H19NO2/c1-16(24)18-11-13-21(14-12-18)23-22(25)15-17-7-9-20(10-8-17)19-5-3-2-4-6-19/h2-14H,15H2,1H3,(H,23,25). The molecule has 0 atom stereocenters. The van der Waals surface area contributed by atoms with E-state index in [2.05, 4.69) is 17.4 Å². The van der Waals surface area contributed by atoms with E-state index in [9.17, 15) is 9.59 Å². The fraction of sp³-hybridized carbons (Fsp3) is 0.0909. The molecule has 0 aliphatic rings. The summed E-state index contributed by atoms with van der Waals surface area (Å²) in [4.78, 5) is 23.4. The number of benzene rings is 3. The Labute approximate surface area is 147 Å². The van der Waals surface area contributed by atoms with E-state index >= 15 is 0 Å². The SMILES string of the molecule is CC(=O)c1ccc(NC(=O)Cc2ccc(-c3ccccc3)cc2)cc1. The maximum absolute atomic E-state index is 12.2. The Bertz CT molecular complexity index is 866. The molecule has 0 aromatic heterocycles. The van der Waals surface area contributed by atoms with Crippen molar-refractivity contribution in [1.29, 1.82) is 0 Å². The summed E-state index contributed by atoms with van der Waals surface area (Å²) < 4.78 is 0. The van der Waals surface area contributed by atoms with Crippen LogP contribution < -0.4 is 5.32 Å². The zero-order valence-corrected chi connectivity index (χ0v) is 14.0. The number of nitrogens with one attached hydrogen (secondary N) is 1. The highest BCUT2D eigenvalue weighted by molar-refractivity contribution is 5.96. The van der Waals surface area contributed by atoms with Gasteiger partial charge < -0.3 is 5.32 Å². The number of Topliss-reactive ketones (excluding diaryl/α,β-unsaturated/α-hetero) is 1. The van der Waals surface area contributed by atoms with Crippen LogP contribution in [0, 0.1) is 0 Å². The lowest BCUT2D eigenvalue weighted by molar-refractivity contribution is -0.115. The largest absolute Gasteiger partial charge is 0.326 e. The van der Waals surface area contributed by atoms with Crippen molar-refractivity contribution in [3.05, 3.63) is 90.0 Å². The predicted octanol–water partition coefficient (Wildman–Crippen LogP) is 4.74. The molecule has 0 saturated carbocycles. The van der Waals surface area contributed by atoms with Gasteiger partial charge in [0.1, 0.15) is 0 Å². The zero-order valence-electron chi connectivity index (χ0n) is 14.0. The van der Waals surface area contributed by atoms with Crippen molar-refractivity contribution in [2.45, 2.75) is 13.3 Å². The molecule has 1 amide bonds. The van der Waals surface area contributed by atoms with E-state index in [0.717, 1.165) is 16.7 Å². The molecule has 0 unspecified atom stereocenters. The average molecular weight is 329 g/mol. The van der Waals surface area contributed by atoms with Gasteiger partial charge >= 0.3 is 0 Å².